The first kappa shape index (κ1) is 27.8. The molecule has 11 heteroatoms. The Labute approximate surface area is 222 Å². The maximum Gasteiger partial charge on any atom is 0.411 e. The van der Waals surface area contributed by atoms with Crippen LogP contribution in [0.25, 0.3) is 5.69 Å². The number of piperidine rings is 1. The second-order valence-corrected chi connectivity index (χ2v) is 10.9. The molecule has 1 fully saturated rings. The van der Waals surface area contributed by atoms with Crippen molar-refractivity contribution < 1.29 is 28.2 Å². The molecule has 0 saturated carbocycles. The Morgan fingerprint density at radius 3 is 2.42 bits per heavy atom. The van der Waals surface area contributed by atoms with E-state index in [0.717, 1.165) is 24.1 Å². The van der Waals surface area contributed by atoms with E-state index in [0.29, 0.717) is 35.5 Å². The Hall–Kier alpha value is -3.18. The molecule has 208 valence electrons. The van der Waals surface area contributed by atoms with Crippen LogP contribution in [0, 0.1) is 19.7 Å². The van der Waals surface area contributed by atoms with E-state index in [1.807, 2.05) is 20.8 Å². The molecule has 3 heterocycles. The molecule has 0 aliphatic carbocycles. The molecule has 1 aromatic heterocycles. The molecular formula is C27H38FN5O5. The Morgan fingerprint density at radius 1 is 1.16 bits per heavy atom. The number of carbonyl (C=O) groups excluding carboxylic acids is 2. The number of urea groups is 1. The van der Waals surface area contributed by atoms with Gasteiger partial charge in [0.1, 0.15) is 17.2 Å². The van der Waals surface area contributed by atoms with Crippen LogP contribution in [0.1, 0.15) is 68.5 Å². The Bertz CT molecular complexity index is 1180. The number of nitrogens with zero attached hydrogens (tertiary/aromatic N) is 3. The Balaban J connectivity index is 1.78. The smallest absolute Gasteiger partial charge is 0.411 e. The zero-order chi connectivity index (χ0) is 27.8. The predicted octanol–water partition coefficient (Wildman–Crippen LogP) is 4.76. The third-order valence-electron chi connectivity index (χ3n) is 6.96. The summed E-state index contributed by atoms with van der Waals surface area (Å²) in [4.78, 5) is 28.2. The lowest BCUT2D eigenvalue weighted by Gasteiger charge is -2.45. The molecule has 0 spiro atoms. The molecule has 0 radical (unpaired) electrons. The fraction of sp³-hybridized carbons (Fsp3) is 0.593. The summed E-state index contributed by atoms with van der Waals surface area (Å²) in [5.41, 5.74) is 2.51. The van der Waals surface area contributed by atoms with Crippen molar-refractivity contribution in [1.29, 1.82) is 0 Å². The summed E-state index contributed by atoms with van der Waals surface area (Å²) in [6.45, 7) is 9.05. The molecule has 10 nitrogen and oxygen atoms in total. The molecule has 2 unspecified atom stereocenters. The first-order chi connectivity index (χ1) is 17.9. The normalized spacial score (nSPS) is 18.8. The van der Waals surface area contributed by atoms with Gasteiger partial charge in [-0.05, 0) is 77.1 Å². The van der Waals surface area contributed by atoms with Crippen LogP contribution < -0.4 is 10.6 Å². The van der Waals surface area contributed by atoms with Gasteiger partial charge < -0.3 is 19.5 Å². The monoisotopic (exact) mass is 531 g/mol. The molecule has 2 bridgehead atoms. The van der Waals surface area contributed by atoms with Gasteiger partial charge in [-0.1, -0.05) is 0 Å². The third-order valence-corrected chi connectivity index (χ3v) is 6.96. The summed E-state index contributed by atoms with van der Waals surface area (Å²) < 4.78 is 32.2. The average molecular weight is 532 g/mol. The van der Waals surface area contributed by atoms with Crippen LogP contribution in [0.4, 0.5) is 19.8 Å². The molecule has 1 saturated heterocycles. The maximum atomic E-state index is 14.5. The average Bonchev–Trinajstić information content (AvgIpc) is 3.18. The number of hydrogen-bond donors (Lipinski definition) is 2. The standard InChI is InChI=1S/C27H38FN5O5/c1-15-11-18(12-16(2)23(15)28)33-24(30-25(34)29-14-21(36-6)37-7)22-19(31-33)13-17-9-8-10-20(22)32(17)26(35)38-27(3,4)5/h11-12,17,20-21H,8-10,13-14H2,1-7H3,(H2,29,30,34). The van der Waals surface area contributed by atoms with E-state index in [1.54, 1.807) is 35.6 Å². The highest BCUT2D eigenvalue weighted by molar-refractivity contribution is 5.90. The number of carbonyl (C=O) groups is 2. The summed E-state index contributed by atoms with van der Waals surface area (Å²) in [6, 6.07) is 2.55. The van der Waals surface area contributed by atoms with Crippen molar-refractivity contribution in [2.75, 3.05) is 26.1 Å². The van der Waals surface area contributed by atoms with E-state index < -0.39 is 17.9 Å². The molecule has 2 atom stereocenters. The number of nitrogens with one attached hydrogen (secondary N) is 2. The topological polar surface area (TPSA) is 107 Å². The Morgan fingerprint density at radius 2 is 1.82 bits per heavy atom. The number of anilines is 1. The summed E-state index contributed by atoms with van der Waals surface area (Å²) in [5, 5.41) is 10.6. The minimum Gasteiger partial charge on any atom is -0.444 e. The largest absolute Gasteiger partial charge is 0.444 e. The van der Waals surface area contributed by atoms with Gasteiger partial charge in [-0.15, -0.1) is 0 Å². The van der Waals surface area contributed by atoms with Crippen molar-refractivity contribution in [3.63, 3.8) is 0 Å². The van der Waals surface area contributed by atoms with Crippen molar-refractivity contribution in [3.8, 4) is 5.69 Å². The highest BCUT2D eigenvalue weighted by atomic mass is 19.1. The molecular weight excluding hydrogens is 493 g/mol. The van der Waals surface area contributed by atoms with Crippen LogP contribution in [0.2, 0.25) is 0 Å². The van der Waals surface area contributed by atoms with Gasteiger partial charge in [0, 0.05) is 32.2 Å². The third kappa shape index (κ3) is 5.63. The molecule has 2 aromatic rings. The summed E-state index contributed by atoms with van der Waals surface area (Å²) in [6.07, 6.45) is 2.03. The molecule has 2 aliphatic heterocycles. The lowest BCUT2D eigenvalue weighted by Crippen LogP contribution is -2.51. The summed E-state index contributed by atoms with van der Waals surface area (Å²) in [7, 11) is 2.98. The van der Waals surface area contributed by atoms with Crippen LogP contribution in [0.5, 0.6) is 0 Å². The highest BCUT2D eigenvalue weighted by Crippen LogP contribution is 2.46. The highest BCUT2D eigenvalue weighted by Gasteiger charge is 2.45. The molecule has 2 N–H and O–H groups in total. The van der Waals surface area contributed by atoms with Gasteiger partial charge >= 0.3 is 12.1 Å². The van der Waals surface area contributed by atoms with Gasteiger partial charge in [-0.3, -0.25) is 10.2 Å². The second-order valence-electron chi connectivity index (χ2n) is 10.9. The van der Waals surface area contributed by atoms with Crippen LogP contribution in [0.15, 0.2) is 12.1 Å². The number of ether oxygens (including phenoxy) is 3. The number of hydrogen-bond acceptors (Lipinski definition) is 6. The van der Waals surface area contributed by atoms with Crippen molar-refractivity contribution in [2.24, 2.45) is 0 Å². The van der Waals surface area contributed by atoms with Crippen molar-refractivity contribution in [1.82, 2.24) is 20.0 Å². The van der Waals surface area contributed by atoms with E-state index >= 15 is 0 Å². The molecule has 4 rings (SSSR count). The van der Waals surface area contributed by atoms with Gasteiger partial charge in [0.25, 0.3) is 0 Å². The predicted molar refractivity (Wildman–Crippen MR) is 140 cm³/mol. The number of methoxy groups -OCH3 is 2. The molecule has 1 aromatic carbocycles. The minimum atomic E-state index is -0.640. The number of rotatable bonds is 6. The van der Waals surface area contributed by atoms with Gasteiger partial charge in [0.05, 0.1) is 24.0 Å². The van der Waals surface area contributed by atoms with E-state index in [1.165, 1.54) is 14.2 Å². The van der Waals surface area contributed by atoms with E-state index in [2.05, 4.69) is 10.6 Å². The van der Waals surface area contributed by atoms with Crippen LogP contribution in [0.3, 0.4) is 0 Å². The number of amides is 3. The lowest BCUT2D eigenvalue weighted by atomic mass is 9.83. The zero-order valence-electron chi connectivity index (χ0n) is 23.2. The van der Waals surface area contributed by atoms with Gasteiger partial charge in [0.15, 0.2) is 6.29 Å². The van der Waals surface area contributed by atoms with Gasteiger partial charge in [-0.2, -0.15) is 5.10 Å². The zero-order valence-corrected chi connectivity index (χ0v) is 23.2. The van der Waals surface area contributed by atoms with E-state index in [-0.39, 0.29) is 30.5 Å². The lowest BCUT2D eigenvalue weighted by molar-refractivity contribution is -0.0970. The first-order valence-corrected chi connectivity index (χ1v) is 12.9. The van der Waals surface area contributed by atoms with Crippen LogP contribution >= 0.6 is 0 Å². The molecule has 3 amide bonds. The fourth-order valence-corrected chi connectivity index (χ4v) is 5.30. The van der Waals surface area contributed by atoms with Gasteiger partial charge in [-0.25, -0.2) is 18.7 Å². The maximum absolute atomic E-state index is 14.5. The number of fused-ring (bicyclic) bond motifs is 4. The summed E-state index contributed by atoms with van der Waals surface area (Å²) >= 11 is 0. The van der Waals surface area contributed by atoms with E-state index in [9.17, 15) is 14.0 Å². The molecule has 38 heavy (non-hydrogen) atoms. The second kappa shape index (κ2) is 10.9. The summed E-state index contributed by atoms with van der Waals surface area (Å²) in [5.74, 6) is 0.156. The molecule has 2 aliphatic rings. The van der Waals surface area contributed by atoms with Crippen LogP contribution in [-0.2, 0) is 20.6 Å². The van der Waals surface area contributed by atoms with E-state index in [4.69, 9.17) is 19.3 Å². The Kier molecular flexibility index (Phi) is 7.98. The SMILES string of the molecule is COC(CNC(=O)Nc1c2c(nn1-c1cc(C)c(F)c(C)c1)CC1CCCC2N1C(=O)OC(C)(C)C)OC. The quantitative estimate of drug-likeness (QED) is 0.521. The van der Waals surface area contributed by atoms with Gasteiger partial charge in [0.2, 0.25) is 0 Å². The number of aromatic nitrogens is 2. The number of halogens is 1. The fourth-order valence-electron chi connectivity index (χ4n) is 5.30. The van der Waals surface area contributed by atoms with Crippen LogP contribution in [-0.4, -0.2) is 65.5 Å². The number of benzene rings is 1. The van der Waals surface area contributed by atoms with Crippen molar-refractivity contribution >= 4 is 17.9 Å². The first-order valence-electron chi connectivity index (χ1n) is 12.9. The van der Waals surface area contributed by atoms with Crippen molar-refractivity contribution in [3.05, 3.63) is 40.3 Å². The van der Waals surface area contributed by atoms with Crippen molar-refractivity contribution in [2.45, 2.75) is 84.3 Å². The number of aryl methyl sites for hydroxylation is 2. The minimum absolute atomic E-state index is 0.0537.